The molecule has 1 amide bonds. The van der Waals surface area contributed by atoms with Crippen LogP contribution in [0.25, 0.3) is 0 Å². The third-order valence-corrected chi connectivity index (χ3v) is 4.10. The van der Waals surface area contributed by atoms with Crippen molar-refractivity contribution < 1.29 is 9.72 Å². The highest BCUT2D eigenvalue weighted by Gasteiger charge is 2.12. The van der Waals surface area contributed by atoms with Gasteiger partial charge in [0.2, 0.25) is 5.91 Å². The minimum Gasteiger partial charge on any atom is -0.366 e. The highest BCUT2D eigenvalue weighted by molar-refractivity contribution is 7.10. The Bertz CT molecular complexity index is 682. The van der Waals surface area contributed by atoms with Crippen LogP contribution in [0.2, 0.25) is 0 Å². The molecule has 0 atom stereocenters. The fourth-order valence-electron chi connectivity index (χ4n) is 1.98. The number of rotatable bonds is 6. The molecule has 0 bridgehead atoms. The second kappa shape index (κ2) is 6.47. The first kappa shape index (κ1) is 15.1. The summed E-state index contributed by atoms with van der Waals surface area (Å²) in [6, 6.07) is 6.79. The van der Waals surface area contributed by atoms with Gasteiger partial charge in [0.05, 0.1) is 10.5 Å². The van der Waals surface area contributed by atoms with Crippen molar-refractivity contribution in [3.05, 3.63) is 61.3 Å². The summed E-state index contributed by atoms with van der Waals surface area (Å²) in [5.74, 6) is -0.438. The summed E-state index contributed by atoms with van der Waals surface area (Å²) in [7, 11) is 0. The van der Waals surface area contributed by atoms with E-state index in [0.29, 0.717) is 24.2 Å². The third kappa shape index (κ3) is 3.65. The first-order valence-corrected chi connectivity index (χ1v) is 7.18. The fraction of sp³-hybridized carbons (Fsp3) is 0.214. The Morgan fingerprint density at radius 1 is 1.43 bits per heavy atom. The number of carbonyl (C=O) groups is 1. The minimum atomic E-state index is -0.438. The maximum absolute atomic E-state index is 11.0. The minimum absolute atomic E-state index is 0.126. The number of hydrogen-bond donors (Lipinski definition) is 2. The van der Waals surface area contributed by atoms with Crippen molar-refractivity contribution in [2.45, 2.75) is 20.0 Å². The predicted octanol–water partition coefficient (Wildman–Crippen LogP) is 2.35. The summed E-state index contributed by atoms with van der Waals surface area (Å²) in [6.45, 7) is 2.85. The molecule has 1 heterocycles. The normalized spacial score (nSPS) is 10.5. The Morgan fingerprint density at radius 2 is 2.19 bits per heavy atom. The van der Waals surface area contributed by atoms with Gasteiger partial charge in [-0.2, -0.15) is 0 Å². The highest BCUT2D eigenvalue weighted by Crippen LogP contribution is 2.21. The van der Waals surface area contributed by atoms with Crippen molar-refractivity contribution in [3.8, 4) is 0 Å². The van der Waals surface area contributed by atoms with E-state index in [1.807, 2.05) is 6.07 Å². The second-order valence-electron chi connectivity index (χ2n) is 4.59. The first-order chi connectivity index (χ1) is 9.99. The number of carbonyl (C=O) groups excluding carboxylic acids is 1. The van der Waals surface area contributed by atoms with Crippen LogP contribution in [0.1, 0.15) is 26.4 Å². The molecule has 3 N–H and O–H groups in total. The number of nitrogens with two attached hydrogens (primary N) is 1. The van der Waals surface area contributed by atoms with Gasteiger partial charge in [-0.3, -0.25) is 14.9 Å². The van der Waals surface area contributed by atoms with Crippen LogP contribution < -0.4 is 11.1 Å². The highest BCUT2D eigenvalue weighted by atomic mass is 32.1. The van der Waals surface area contributed by atoms with E-state index < -0.39 is 5.91 Å². The van der Waals surface area contributed by atoms with Crippen LogP contribution in [0.3, 0.4) is 0 Å². The van der Waals surface area contributed by atoms with E-state index >= 15 is 0 Å². The topological polar surface area (TPSA) is 98.3 Å². The number of amides is 1. The zero-order valence-corrected chi connectivity index (χ0v) is 12.3. The lowest BCUT2D eigenvalue weighted by Gasteiger charge is -2.07. The van der Waals surface area contributed by atoms with Crippen LogP contribution >= 0.6 is 11.3 Å². The number of primary amides is 1. The Kier molecular flexibility index (Phi) is 4.66. The van der Waals surface area contributed by atoms with Gasteiger partial charge in [0.15, 0.2) is 0 Å². The second-order valence-corrected chi connectivity index (χ2v) is 5.58. The van der Waals surface area contributed by atoms with E-state index in [4.69, 9.17) is 5.73 Å². The number of nitrogens with one attached hydrogen (secondary N) is 1. The largest absolute Gasteiger partial charge is 0.366 e. The van der Waals surface area contributed by atoms with Crippen LogP contribution in [0.15, 0.2) is 29.6 Å². The molecule has 0 spiro atoms. The quantitative estimate of drug-likeness (QED) is 0.632. The lowest BCUT2D eigenvalue weighted by molar-refractivity contribution is -0.385. The number of nitrogens with zero attached hydrogens (tertiary/aromatic N) is 1. The zero-order valence-electron chi connectivity index (χ0n) is 11.5. The molecule has 1 aromatic heterocycles. The Labute approximate surface area is 125 Å². The van der Waals surface area contributed by atoms with Crippen molar-refractivity contribution in [2.24, 2.45) is 5.73 Å². The van der Waals surface area contributed by atoms with E-state index in [2.05, 4.69) is 5.32 Å². The van der Waals surface area contributed by atoms with Crippen molar-refractivity contribution in [3.63, 3.8) is 0 Å². The molecular weight excluding hydrogens is 290 g/mol. The summed E-state index contributed by atoms with van der Waals surface area (Å²) < 4.78 is 0. The van der Waals surface area contributed by atoms with Gasteiger partial charge in [-0.25, -0.2) is 0 Å². The molecule has 0 saturated carbocycles. The zero-order chi connectivity index (χ0) is 15.4. The Morgan fingerprint density at radius 3 is 2.81 bits per heavy atom. The van der Waals surface area contributed by atoms with Crippen molar-refractivity contribution >= 4 is 22.9 Å². The number of benzene rings is 1. The molecule has 7 heteroatoms. The molecule has 0 fully saturated rings. The summed E-state index contributed by atoms with van der Waals surface area (Å²) in [6.07, 6.45) is 0. The van der Waals surface area contributed by atoms with E-state index in [9.17, 15) is 14.9 Å². The van der Waals surface area contributed by atoms with E-state index in [0.717, 1.165) is 10.4 Å². The average Bonchev–Trinajstić information content (AvgIpc) is 2.89. The Balaban J connectivity index is 1.98. The molecule has 0 aliphatic carbocycles. The molecule has 2 aromatic rings. The number of thiophene rings is 1. The lowest BCUT2D eigenvalue weighted by Crippen LogP contribution is -2.13. The van der Waals surface area contributed by atoms with Crippen LogP contribution in [-0.4, -0.2) is 10.8 Å². The molecule has 0 aliphatic heterocycles. The monoisotopic (exact) mass is 305 g/mol. The molecule has 0 unspecified atom stereocenters. The summed E-state index contributed by atoms with van der Waals surface area (Å²) in [5.41, 5.74) is 7.38. The molecular formula is C14H15N3O3S. The molecule has 2 rings (SSSR count). The summed E-state index contributed by atoms with van der Waals surface area (Å²) in [5, 5.41) is 15.8. The number of nitro groups is 1. The molecule has 0 saturated heterocycles. The van der Waals surface area contributed by atoms with E-state index in [1.165, 1.54) is 17.4 Å². The van der Waals surface area contributed by atoms with E-state index in [-0.39, 0.29) is 10.6 Å². The van der Waals surface area contributed by atoms with Gasteiger partial charge in [-0.15, -0.1) is 11.3 Å². The molecule has 110 valence electrons. The van der Waals surface area contributed by atoms with Gasteiger partial charge in [0.25, 0.3) is 5.69 Å². The van der Waals surface area contributed by atoms with E-state index in [1.54, 1.807) is 24.4 Å². The van der Waals surface area contributed by atoms with Crippen LogP contribution in [0.4, 0.5) is 5.69 Å². The fourth-order valence-corrected chi connectivity index (χ4v) is 2.83. The van der Waals surface area contributed by atoms with Gasteiger partial charge in [-0.05, 0) is 18.6 Å². The summed E-state index contributed by atoms with van der Waals surface area (Å²) >= 11 is 1.45. The van der Waals surface area contributed by atoms with Crippen LogP contribution in [-0.2, 0) is 13.1 Å². The molecule has 6 nitrogen and oxygen atoms in total. The van der Waals surface area contributed by atoms with Gasteiger partial charge < -0.3 is 11.1 Å². The van der Waals surface area contributed by atoms with Gasteiger partial charge in [-0.1, -0.05) is 12.1 Å². The summed E-state index contributed by atoms with van der Waals surface area (Å²) in [4.78, 5) is 22.5. The predicted molar refractivity (Wildman–Crippen MR) is 81.2 cm³/mol. The SMILES string of the molecule is Cc1c(CNCc2cc(C(N)=O)cs2)cccc1[N+](=O)[O-]. The number of hydrogen-bond acceptors (Lipinski definition) is 5. The van der Waals surface area contributed by atoms with Crippen molar-refractivity contribution in [1.29, 1.82) is 0 Å². The van der Waals surface area contributed by atoms with Crippen molar-refractivity contribution in [2.75, 3.05) is 0 Å². The van der Waals surface area contributed by atoms with Gasteiger partial charge in [0.1, 0.15) is 0 Å². The first-order valence-electron chi connectivity index (χ1n) is 6.30. The number of nitro benzene ring substituents is 1. The third-order valence-electron chi connectivity index (χ3n) is 3.17. The molecule has 21 heavy (non-hydrogen) atoms. The molecule has 0 aliphatic rings. The van der Waals surface area contributed by atoms with Gasteiger partial charge >= 0.3 is 0 Å². The Hall–Kier alpha value is -2.25. The maximum atomic E-state index is 11.0. The maximum Gasteiger partial charge on any atom is 0.272 e. The van der Waals surface area contributed by atoms with Crippen molar-refractivity contribution in [1.82, 2.24) is 5.32 Å². The van der Waals surface area contributed by atoms with Crippen LogP contribution in [0, 0.1) is 17.0 Å². The van der Waals surface area contributed by atoms with Crippen LogP contribution in [0.5, 0.6) is 0 Å². The molecule has 1 aromatic carbocycles. The molecule has 0 radical (unpaired) electrons. The standard InChI is InChI=1S/C14H15N3O3S/c1-9-10(3-2-4-13(9)17(19)20)6-16-7-12-5-11(8-21-12)14(15)18/h2-5,8,16H,6-7H2,1H3,(H2,15,18). The average molecular weight is 305 g/mol. The smallest absolute Gasteiger partial charge is 0.272 e. The lowest BCUT2D eigenvalue weighted by atomic mass is 10.1. The van der Waals surface area contributed by atoms with Gasteiger partial charge in [0, 0.05) is 35.0 Å².